The average Bonchev–Trinajstić information content (AvgIpc) is 2.93. The van der Waals surface area contributed by atoms with Crippen molar-refractivity contribution >= 4 is 49.8 Å². The zero-order valence-corrected chi connectivity index (χ0v) is 23.1. The van der Waals surface area contributed by atoms with Crippen molar-refractivity contribution in [2.24, 2.45) is 0 Å². The van der Waals surface area contributed by atoms with Gasteiger partial charge in [0, 0.05) is 72.9 Å². The van der Waals surface area contributed by atoms with Crippen LogP contribution in [-0.2, 0) is 9.84 Å². The minimum atomic E-state index is -3.03. The highest BCUT2D eigenvalue weighted by Crippen LogP contribution is 2.30. The van der Waals surface area contributed by atoms with E-state index in [-0.39, 0.29) is 11.3 Å². The maximum absolute atomic E-state index is 14.3. The van der Waals surface area contributed by atoms with Gasteiger partial charge in [0.15, 0.2) is 0 Å². The van der Waals surface area contributed by atoms with Crippen molar-refractivity contribution < 1.29 is 22.3 Å². The summed E-state index contributed by atoms with van der Waals surface area (Å²) in [5.74, 6) is -0.00966. The Hall–Kier alpha value is -3.87. The maximum Gasteiger partial charge on any atom is 0.415 e. The van der Waals surface area contributed by atoms with Crippen molar-refractivity contribution in [3.63, 3.8) is 0 Å². The van der Waals surface area contributed by atoms with Gasteiger partial charge in [-0.15, -0.1) is 0 Å². The molecule has 13 heteroatoms. The highest BCUT2D eigenvalue weighted by molar-refractivity contribution is 7.90. The summed E-state index contributed by atoms with van der Waals surface area (Å²) in [4.78, 5) is 20.8. The number of anilines is 2. The second-order valence-corrected chi connectivity index (χ2v) is 12.1. The van der Waals surface area contributed by atoms with Gasteiger partial charge in [-0.25, -0.2) is 17.6 Å². The van der Waals surface area contributed by atoms with Crippen molar-refractivity contribution in [1.29, 1.82) is 0 Å². The Balaban J connectivity index is 1.26. The molecule has 0 radical (unpaired) electrons. The Morgan fingerprint density at radius 2 is 1.90 bits per heavy atom. The Bertz CT molecular complexity index is 1660. The van der Waals surface area contributed by atoms with Gasteiger partial charge in [-0.3, -0.25) is 9.88 Å². The summed E-state index contributed by atoms with van der Waals surface area (Å²) in [6.07, 6.45) is 3.89. The molecule has 4 aromatic rings. The summed E-state index contributed by atoms with van der Waals surface area (Å²) in [5.41, 5.74) is 2.48. The lowest BCUT2D eigenvalue weighted by Gasteiger charge is -2.33. The topological polar surface area (TPSA) is 118 Å². The molecule has 3 heterocycles. The Kier molecular flexibility index (Phi) is 8.10. The summed E-state index contributed by atoms with van der Waals surface area (Å²) in [7, 11) is -3.03. The van der Waals surface area contributed by atoms with E-state index in [9.17, 15) is 17.6 Å². The molecule has 5 rings (SSSR count). The number of amides is 1. The fourth-order valence-corrected chi connectivity index (χ4v) is 5.09. The second kappa shape index (κ2) is 11.7. The van der Waals surface area contributed by atoms with Crippen LogP contribution < -0.4 is 10.1 Å². The first-order chi connectivity index (χ1) is 19.1. The number of benzene rings is 2. The van der Waals surface area contributed by atoms with Crippen molar-refractivity contribution in [1.82, 2.24) is 25.0 Å². The van der Waals surface area contributed by atoms with Crippen LogP contribution in [0.15, 0.2) is 60.9 Å². The first-order valence-electron chi connectivity index (χ1n) is 12.5. The summed E-state index contributed by atoms with van der Waals surface area (Å²) in [6, 6.07) is 12.9. The Morgan fingerprint density at radius 1 is 1.10 bits per heavy atom. The molecule has 0 aliphatic carbocycles. The van der Waals surface area contributed by atoms with E-state index in [1.807, 2.05) is 4.90 Å². The minimum Gasteiger partial charge on any atom is -0.410 e. The largest absolute Gasteiger partial charge is 0.415 e. The number of fused-ring (bicyclic) bond motifs is 1. The average molecular weight is 585 g/mol. The van der Waals surface area contributed by atoms with E-state index in [1.54, 1.807) is 41.4 Å². The van der Waals surface area contributed by atoms with Crippen molar-refractivity contribution in [2.45, 2.75) is 0 Å². The van der Waals surface area contributed by atoms with Gasteiger partial charge in [0.05, 0.1) is 28.8 Å². The molecule has 1 N–H and O–H groups in total. The first kappa shape index (κ1) is 27.7. The molecule has 1 aliphatic rings. The molecule has 0 atom stereocenters. The van der Waals surface area contributed by atoms with E-state index < -0.39 is 21.7 Å². The zero-order valence-electron chi connectivity index (χ0n) is 21.5. The fraction of sp³-hybridized carbons (Fsp3) is 0.259. The van der Waals surface area contributed by atoms with Crippen LogP contribution in [0.5, 0.6) is 5.75 Å². The monoisotopic (exact) mass is 584 g/mol. The van der Waals surface area contributed by atoms with Crippen molar-refractivity contribution in [3.05, 3.63) is 71.8 Å². The van der Waals surface area contributed by atoms with E-state index in [1.165, 1.54) is 30.7 Å². The summed E-state index contributed by atoms with van der Waals surface area (Å²) < 4.78 is 42.7. The van der Waals surface area contributed by atoms with Crippen LogP contribution in [0.4, 0.5) is 20.6 Å². The number of piperazine rings is 1. The number of rotatable bonds is 7. The molecule has 10 nitrogen and oxygen atoms in total. The highest BCUT2D eigenvalue weighted by Gasteiger charge is 2.23. The van der Waals surface area contributed by atoms with E-state index >= 15 is 0 Å². The fourth-order valence-electron chi connectivity index (χ4n) is 4.33. The molecule has 208 valence electrons. The number of aromatic nitrogens is 3. The molecular weight excluding hydrogens is 559 g/mol. The molecule has 1 fully saturated rings. The zero-order chi connectivity index (χ0) is 28.3. The lowest BCUT2D eigenvalue weighted by atomic mass is 10.1. The predicted octanol–water partition coefficient (Wildman–Crippen LogP) is 4.39. The number of hydrogen-bond acceptors (Lipinski definition) is 9. The van der Waals surface area contributed by atoms with Gasteiger partial charge in [0.1, 0.15) is 21.4 Å². The Morgan fingerprint density at radius 3 is 2.67 bits per heavy atom. The van der Waals surface area contributed by atoms with Gasteiger partial charge < -0.3 is 15.0 Å². The molecular formula is C27H26ClFN6O4S. The molecule has 0 saturated carbocycles. The third-order valence-electron chi connectivity index (χ3n) is 6.47. The van der Waals surface area contributed by atoms with Crippen molar-refractivity contribution in [2.75, 3.05) is 50.0 Å². The number of ether oxygens (including phenoxy) is 1. The predicted molar refractivity (Wildman–Crippen MR) is 151 cm³/mol. The van der Waals surface area contributed by atoms with Gasteiger partial charge in [-0.05, 0) is 42.5 Å². The molecule has 2 aromatic carbocycles. The Labute approximate surface area is 235 Å². The molecule has 1 amide bonds. The number of carbonyl (C=O) groups excluding carboxylic acids is 1. The lowest BCUT2D eigenvalue weighted by Crippen LogP contribution is -2.50. The molecule has 0 spiro atoms. The van der Waals surface area contributed by atoms with Crippen LogP contribution >= 0.6 is 11.6 Å². The van der Waals surface area contributed by atoms with E-state index in [4.69, 9.17) is 16.3 Å². The molecule has 40 heavy (non-hydrogen) atoms. The van der Waals surface area contributed by atoms with Crippen LogP contribution in [-0.4, -0.2) is 84.2 Å². The van der Waals surface area contributed by atoms with E-state index in [2.05, 4.69) is 20.5 Å². The third-order valence-corrected chi connectivity index (χ3v) is 7.63. The van der Waals surface area contributed by atoms with E-state index in [0.29, 0.717) is 60.4 Å². The standard InChI is InChI=1S/C27H26ClFN6O4S/c1-40(37,38)13-12-34-8-10-35(11-9-34)27(36)39-20-3-4-21-24(6-7-30-25(21)16-20)32-19-15-26(33-31-17-19)22-14-18(28)2-5-23(22)29/h2-7,14-17H,8-13H2,1H3,(H,30,32,33). The maximum atomic E-state index is 14.3. The lowest BCUT2D eigenvalue weighted by molar-refractivity contribution is 0.113. The summed E-state index contributed by atoms with van der Waals surface area (Å²) >= 11 is 6.03. The normalized spacial score (nSPS) is 14.3. The number of sulfone groups is 1. The number of nitrogens with zero attached hydrogens (tertiary/aromatic N) is 5. The molecule has 1 saturated heterocycles. The summed E-state index contributed by atoms with van der Waals surface area (Å²) in [6.45, 7) is 2.50. The van der Waals surface area contributed by atoms with Crippen LogP contribution in [0, 0.1) is 5.82 Å². The van der Waals surface area contributed by atoms with Gasteiger partial charge >= 0.3 is 6.09 Å². The van der Waals surface area contributed by atoms with Crippen molar-refractivity contribution in [3.8, 4) is 17.0 Å². The number of hydrogen-bond donors (Lipinski definition) is 1. The van der Waals surface area contributed by atoms with Crippen LogP contribution in [0.25, 0.3) is 22.2 Å². The van der Waals surface area contributed by atoms with Crippen LogP contribution in [0.1, 0.15) is 0 Å². The first-order valence-corrected chi connectivity index (χ1v) is 14.9. The number of nitrogens with one attached hydrogen (secondary N) is 1. The van der Waals surface area contributed by atoms with Crippen LogP contribution in [0.3, 0.4) is 0 Å². The number of carbonyl (C=O) groups is 1. The minimum absolute atomic E-state index is 0.0949. The molecule has 1 aliphatic heterocycles. The highest BCUT2D eigenvalue weighted by atomic mass is 35.5. The van der Waals surface area contributed by atoms with E-state index in [0.717, 1.165) is 11.1 Å². The van der Waals surface area contributed by atoms with Gasteiger partial charge in [0.2, 0.25) is 0 Å². The number of halogens is 2. The van der Waals surface area contributed by atoms with Gasteiger partial charge in [0.25, 0.3) is 0 Å². The summed E-state index contributed by atoms with van der Waals surface area (Å²) in [5, 5.41) is 12.5. The SMILES string of the molecule is CS(=O)(=O)CCN1CCN(C(=O)Oc2ccc3c(Nc4cnnc(-c5cc(Cl)ccc5F)c4)ccnc3c2)CC1. The number of pyridine rings is 1. The molecule has 2 aromatic heterocycles. The molecule has 0 bridgehead atoms. The molecule has 0 unspecified atom stereocenters. The van der Waals surface area contributed by atoms with Gasteiger partial charge in [-0.2, -0.15) is 10.2 Å². The quantitative estimate of drug-likeness (QED) is 0.337. The van der Waals surface area contributed by atoms with Gasteiger partial charge in [-0.1, -0.05) is 11.6 Å². The second-order valence-electron chi connectivity index (χ2n) is 9.44. The smallest absolute Gasteiger partial charge is 0.410 e. The third kappa shape index (κ3) is 6.82. The van der Waals surface area contributed by atoms with Crippen LogP contribution in [0.2, 0.25) is 5.02 Å².